The van der Waals surface area contributed by atoms with Gasteiger partial charge in [0.05, 0.1) is 6.61 Å². The van der Waals surface area contributed by atoms with Crippen LogP contribution in [0.1, 0.15) is 89.5 Å². The Morgan fingerprint density at radius 2 is 1.61 bits per heavy atom. The van der Waals surface area contributed by atoms with Crippen LogP contribution in [0.5, 0.6) is 5.75 Å². The van der Waals surface area contributed by atoms with Crippen LogP contribution in [0, 0.1) is 23.4 Å². The number of halogens is 3. The minimum Gasteiger partial charge on any atom is -0.491 e. The average Bonchev–Trinajstić information content (AvgIpc) is 2.78. The van der Waals surface area contributed by atoms with Gasteiger partial charge in [0.15, 0.2) is 23.2 Å². The summed E-state index contributed by atoms with van der Waals surface area (Å²) in [6.07, 6.45) is 11.1. The second-order valence-corrected chi connectivity index (χ2v) is 8.89. The summed E-state index contributed by atoms with van der Waals surface area (Å²) in [5, 5.41) is 0. The van der Waals surface area contributed by atoms with Crippen molar-refractivity contribution in [1.29, 1.82) is 0 Å². The second kappa shape index (κ2) is 11.6. The fourth-order valence-electron chi connectivity index (χ4n) is 4.72. The highest BCUT2D eigenvalue weighted by molar-refractivity contribution is 5.66. The molecule has 0 aliphatic heterocycles. The molecule has 4 heteroatoms. The molecule has 0 N–H and O–H groups in total. The summed E-state index contributed by atoms with van der Waals surface area (Å²) in [7, 11) is 0. The summed E-state index contributed by atoms with van der Waals surface area (Å²) in [4.78, 5) is 0. The van der Waals surface area contributed by atoms with Crippen LogP contribution in [-0.4, -0.2) is 6.61 Å². The molecule has 0 radical (unpaired) electrons. The molecule has 0 atom stereocenters. The van der Waals surface area contributed by atoms with Crippen molar-refractivity contribution in [3.8, 4) is 16.9 Å². The molecule has 1 nitrogen and oxygen atoms in total. The summed E-state index contributed by atoms with van der Waals surface area (Å²) in [6, 6.07) is 7.56. The smallest absolute Gasteiger partial charge is 0.166 e. The maximum atomic E-state index is 15.0. The standard InChI is InChI=1S/C27H35F3O/c1-3-5-6-7-8-19-9-11-20(12-10-19)22-14-15-23(27(30)26(22)29)21-13-16-25(24(28)18-21)31-17-4-2/h13-16,18-20H,3-12,17H2,1-2H3. The molecule has 170 valence electrons. The highest BCUT2D eigenvalue weighted by Crippen LogP contribution is 2.40. The molecule has 1 fully saturated rings. The summed E-state index contributed by atoms with van der Waals surface area (Å²) < 4.78 is 49.5. The molecule has 0 spiro atoms. The third kappa shape index (κ3) is 6.05. The summed E-state index contributed by atoms with van der Waals surface area (Å²) in [6.45, 7) is 4.57. The Hall–Kier alpha value is -1.97. The van der Waals surface area contributed by atoms with Crippen LogP contribution in [0.25, 0.3) is 11.1 Å². The van der Waals surface area contributed by atoms with Gasteiger partial charge in [0.2, 0.25) is 0 Å². The minimum absolute atomic E-state index is 0.0667. The predicted octanol–water partition coefficient (Wildman–Crippen LogP) is 8.80. The lowest BCUT2D eigenvalue weighted by Gasteiger charge is -2.29. The maximum absolute atomic E-state index is 15.0. The number of unbranched alkanes of at least 4 members (excludes halogenated alkanes) is 3. The van der Waals surface area contributed by atoms with Crippen molar-refractivity contribution in [2.45, 2.75) is 84.0 Å². The van der Waals surface area contributed by atoms with Gasteiger partial charge in [-0.25, -0.2) is 13.2 Å². The molecule has 3 rings (SSSR count). The van der Waals surface area contributed by atoms with Gasteiger partial charge in [0.1, 0.15) is 0 Å². The Morgan fingerprint density at radius 3 is 2.29 bits per heavy atom. The molecule has 2 aromatic carbocycles. The van der Waals surface area contributed by atoms with E-state index >= 15 is 0 Å². The van der Waals surface area contributed by atoms with E-state index in [1.165, 1.54) is 44.2 Å². The molecular weight excluding hydrogens is 397 g/mol. The van der Waals surface area contributed by atoms with Crippen LogP contribution in [-0.2, 0) is 0 Å². The van der Waals surface area contributed by atoms with Gasteiger partial charge in [-0.15, -0.1) is 0 Å². The van der Waals surface area contributed by atoms with Crippen molar-refractivity contribution in [2.24, 2.45) is 5.92 Å². The summed E-state index contributed by atoms with van der Waals surface area (Å²) in [5.41, 5.74) is 0.876. The second-order valence-electron chi connectivity index (χ2n) is 8.89. The van der Waals surface area contributed by atoms with Gasteiger partial charge in [-0.3, -0.25) is 0 Å². The molecule has 0 heterocycles. The molecule has 0 bridgehead atoms. The van der Waals surface area contributed by atoms with Crippen molar-refractivity contribution in [3.63, 3.8) is 0 Å². The largest absolute Gasteiger partial charge is 0.491 e. The maximum Gasteiger partial charge on any atom is 0.166 e. The molecule has 31 heavy (non-hydrogen) atoms. The zero-order valence-corrected chi connectivity index (χ0v) is 18.9. The van der Waals surface area contributed by atoms with Crippen molar-refractivity contribution >= 4 is 0 Å². The van der Waals surface area contributed by atoms with Crippen molar-refractivity contribution in [2.75, 3.05) is 6.61 Å². The molecule has 2 aromatic rings. The third-order valence-electron chi connectivity index (χ3n) is 6.57. The van der Waals surface area contributed by atoms with Gasteiger partial charge in [0, 0.05) is 5.56 Å². The first-order valence-corrected chi connectivity index (χ1v) is 12.0. The van der Waals surface area contributed by atoms with E-state index in [2.05, 4.69) is 6.92 Å². The molecule has 1 aliphatic rings. The van der Waals surface area contributed by atoms with Crippen LogP contribution < -0.4 is 4.74 Å². The monoisotopic (exact) mass is 432 g/mol. The van der Waals surface area contributed by atoms with E-state index in [0.29, 0.717) is 17.7 Å². The summed E-state index contributed by atoms with van der Waals surface area (Å²) in [5.74, 6) is -1.31. The van der Waals surface area contributed by atoms with Gasteiger partial charge in [-0.2, -0.15) is 0 Å². The lowest BCUT2D eigenvalue weighted by molar-refractivity contribution is 0.297. The Labute approximate surface area is 185 Å². The molecule has 0 unspecified atom stereocenters. The highest BCUT2D eigenvalue weighted by atomic mass is 19.2. The number of rotatable bonds is 10. The van der Waals surface area contributed by atoms with Gasteiger partial charge >= 0.3 is 0 Å². The summed E-state index contributed by atoms with van der Waals surface area (Å²) >= 11 is 0. The van der Waals surface area contributed by atoms with E-state index in [-0.39, 0.29) is 17.2 Å². The topological polar surface area (TPSA) is 9.23 Å². The zero-order valence-electron chi connectivity index (χ0n) is 18.9. The zero-order chi connectivity index (χ0) is 22.2. The fourth-order valence-corrected chi connectivity index (χ4v) is 4.72. The van der Waals surface area contributed by atoms with Crippen LogP contribution in [0.15, 0.2) is 30.3 Å². The Balaban J connectivity index is 1.67. The van der Waals surface area contributed by atoms with Crippen LogP contribution in [0.3, 0.4) is 0 Å². The van der Waals surface area contributed by atoms with E-state index in [1.807, 2.05) is 6.92 Å². The quantitative estimate of drug-likeness (QED) is 0.341. The van der Waals surface area contributed by atoms with E-state index in [4.69, 9.17) is 4.74 Å². The molecule has 0 saturated heterocycles. The first kappa shape index (κ1) is 23.7. The molecular formula is C27H35F3O. The van der Waals surface area contributed by atoms with E-state index in [9.17, 15) is 13.2 Å². The van der Waals surface area contributed by atoms with Gasteiger partial charge in [0.25, 0.3) is 0 Å². The van der Waals surface area contributed by atoms with Gasteiger partial charge < -0.3 is 4.74 Å². The van der Waals surface area contributed by atoms with Crippen molar-refractivity contribution < 1.29 is 17.9 Å². The van der Waals surface area contributed by atoms with Crippen molar-refractivity contribution in [3.05, 3.63) is 53.3 Å². The normalized spacial score (nSPS) is 18.9. The minimum atomic E-state index is -0.888. The Morgan fingerprint density at radius 1 is 0.839 bits per heavy atom. The SMILES string of the molecule is CCCCCCC1CCC(c2ccc(-c3ccc(OCCC)c(F)c3)c(F)c2F)CC1. The van der Waals surface area contributed by atoms with Crippen LogP contribution >= 0.6 is 0 Å². The Bertz CT molecular complexity index is 841. The van der Waals surface area contributed by atoms with Crippen LogP contribution in [0.2, 0.25) is 0 Å². The van der Waals surface area contributed by atoms with E-state index in [1.54, 1.807) is 18.2 Å². The van der Waals surface area contributed by atoms with E-state index in [0.717, 1.165) is 38.0 Å². The average molecular weight is 433 g/mol. The first-order chi connectivity index (χ1) is 15.0. The lowest BCUT2D eigenvalue weighted by atomic mass is 9.76. The van der Waals surface area contributed by atoms with E-state index < -0.39 is 17.5 Å². The van der Waals surface area contributed by atoms with Gasteiger partial charge in [-0.05, 0) is 67.2 Å². The van der Waals surface area contributed by atoms with Crippen molar-refractivity contribution in [1.82, 2.24) is 0 Å². The first-order valence-electron chi connectivity index (χ1n) is 12.0. The molecule has 1 saturated carbocycles. The predicted molar refractivity (Wildman–Crippen MR) is 121 cm³/mol. The van der Waals surface area contributed by atoms with Crippen LogP contribution in [0.4, 0.5) is 13.2 Å². The number of hydrogen-bond acceptors (Lipinski definition) is 1. The third-order valence-corrected chi connectivity index (χ3v) is 6.57. The number of ether oxygens (including phenoxy) is 1. The number of hydrogen-bond donors (Lipinski definition) is 0. The van der Waals surface area contributed by atoms with Gasteiger partial charge in [-0.1, -0.05) is 64.2 Å². The Kier molecular flexibility index (Phi) is 8.86. The molecule has 0 aromatic heterocycles. The molecule has 1 aliphatic carbocycles. The molecule has 0 amide bonds. The highest BCUT2D eigenvalue weighted by Gasteiger charge is 2.26. The lowest BCUT2D eigenvalue weighted by Crippen LogP contribution is -2.15. The number of benzene rings is 2. The fraction of sp³-hybridized carbons (Fsp3) is 0.556.